The van der Waals surface area contributed by atoms with Crippen molar-refractivity contribution in [2.24, 2.45) is 35.5 Å². The summed E-state index contributed by atoms with van der Waals surface area (Å²) in [6.07, 6.45) is 17.0. The number of rotatable bonds is 8. The van der Waals surface area contributed by atoms with Crippen LogP contribution in [0.3, 0.4) is 0 Å². The average molecular weight is 856 g/mol. The summed E-state index contributed by atoms with van der Waals surface area (Å²) in [5, 5.41) is 19.3. The monoisotopic (exact) mass is 855 g/mol. The van der Waals surface area contributed by atoms with Crippen LogP contribution in [0.4, 0.5) is 0 Å². The predicted molar refractivity (Wildman–Crippen MR) is 262 cm³/mol. The molecule has 1 aromatic heterocycles. The molecule has 0 aliphatic heterocycles. The van der Waals surface area contributed by atoms with Gasteiger partial charge in [-0.05, 0) is 198 Å². The SMILES string of the molecule is N#Cc1cc(C#N)cc(-c2ccc(-c3nc(-c4cccc(-c5ccc(C67CC8C[C@H](C6)C[C@@H](C8)C7)cc5)c4)nc(-c4cccc(-c5ccc(C67C[C@H]8C[C@@H](C6)C[C@@H](C7)C8)cc5)c4)n3)cc2)c1. The average Bonchev–Trinajstić information content (AvgIpc) is 3.35. The molecule has 8 fully saturated rings. The minimum absolute atomic E-state index is 0.375. The first-order valence-electron chi connectivity index (χ1n) is 24.6. The van der Waals surface area contributed by atoms with Crippen molar-refractivity contribution in [2.75, 3.05) is 0 Å². The number of nitriles is 2. The molecule has 7 aromatic rings. The van der Waals surface area contributed by atoms with Crippen molar-refractivity contribution in [3.63, 3.8) is 0 Å². The molecule has 1 heterocycles. The summed E-state index contributed by atoms with van der Waals surface area (Å²) >= 11 is 0. The van der Waals surface area contributed by atoms with E-state index in [1.165, 1.54) is 88.2 Å². The summed E-state index contributed by atoms with van der Waals surface area (Å²) in [5.74, 6) is 7.35. The zero-order chi connectivity index (χ0) is 44.0. The van der Waals surface area contributed by atoms with Crippen LogP contribution in [0.2, 0.25) is 0 Å². The summed E-state index contributed by atoms with van der Waals surface area (Å²) in [6, 6.07) is 54.1. The normalized spacial score (nSPS) is 27.7. The van der Waals surface area contributed by atoms with E-state index in [9.17, 15) is 10.5 Å². The Morgan fingerprint density at radius 1 is 0.333 bits per heavy atom. The van der Waals surface area contributed by atoms with E-state index >= 15 is 0 Å². The van der Waals surface area contributed by atoms with E-state index in [0.29, 0.717) is 39.4 Å². The minimum Gasteiger partial charge on any atom is -0.208 e. The maximum Gasteiger partial charge on any atom is 0.164 e. The minimum atomic E-state index is 0.375. The summed E-state index contributed by atoms with van der Waals surface area (Å²) in [6.45, 7) is 0. The van der Waals surface area contributed by atoms with Gasteiger partial charge < -0.3 is 0 Å². The lowest BCUT2D eigenvalue weighted by Gasteiger charge is -2.57. The van der Waals surface area contributed by atoms with Gasteiger partial charge in [-0.25, -0.2) is 15.0 Å². The zero-order valence-electron chi connectivity index (χ0n) is 37.5. The molecule has 322 valence electrons. The van der Waals surface area contributed by atoms with E-state index in [2.05, 4.69) is 109 Å². The molecule has 0 atom stereocenters. The molecule has 0 N–H and O–H groups in total. The lowest BCUT2D eigenvalue weighted by molar-refractivity contribution is -0.00530. The molecule has 0 spiro atoms. The van der Waals surface area contributed by atoms with Gasteiger partial charge in [-0.15, -0.1) is 0 Å². The quantitative estimate of drug-likeness (QED) is 0.152. The maximum absolute atomic E-state index is 9.64. The Labute approximate surface area is 388 Å². The largest absolute Gasteiger partial charge is 0.208 e. The zero-order valence-corrected chi connectivity index (χ0v) is 37.5. The molecule has 8 saturated carbocycles. The Morgan fingerprint density at radius 3 is 1.03 bits per heavy atom. The van der Waals surface area contributed by atoms with Crippen molar-refractivity contribution in [2.45, 2.75) is 87.9 Å². The second-order valence-corrected chi connectivity index (χ2v) is 21.6. The molecule has 15 rings (SSSR count). The van der Waals surface area contributed by atoms with Gasteiger partial charge >= 0.3 is 0 Å². The van der Waals surface area contributed by atoms with Crippen molar-refractivity contribution in [1.29, 1.82) is 10.5 Å². The first kappa shape index (κ1) is 39.7. The van der Waals surface area contributed by atoms with Crippen molar-refractivity contribution in [3.8, 4) is 79.7 Å². The Morgan fingerprint density at radius 2 is 0.652 bits per heavy atom. The van der Waals surface area contributed by atoms with Crippen LogP contribution in [0, 0.1) is 58.2 Å². The van der Waals surface area contributed by atoms with Gasteiger partial charge in [0.05, 0.1) is 23.3 Å². The van der Waals surface area contributed by atoms with Gasteiger partial charge in [0.2, 0.25) is 0 Å². The summed E-state index contributed by atoms with van der Waals surface area (Å²) in [5.41, 5.74) is 13.9. The summed E-state index contributed by atoms with van der Waals surface area (Å²) < 4.78 is 0. The highest BCUT2D eigenvalue weighted by Crippen LogP contribution is 2.62. The van der Waals surface area contributed by atoms with Gasteiger partial charge in [-0.1, -0.05) is 109 Å². The van der Waals surface area contributed by atoms with E-state index < -0.39 is 0 Å². The molecule has 0 saturated heterocycles. The van der Waals surface area contributed by atoms with Crippen LogP contribution >= 0.6 is 0 Å². The third kappa shape index (κ3) is 6.98. The lowest BCUT2D eigenvalue weighted by Crippen LogP contribution is -2.48. The fourth-order valence-corrected chi connectivity index (χ4v) is 15.1. The van der Waals surface area contributed by atoms with Crippen LogP contribution < -0.4 is 0 Å². The van der Waals surface area contributed by atoms with Crippen LogP contribution in [0.15, 0.2) is 140 Å². The van der Waals surface area contributed by atoms with E-state index in [1.54, 1.807) is 17.2 Å². The van der Waals surface area contributed by atoms with Crippen LogP contribution in [-0.4, -0.2) is 15.0 Å². The van der Waals surface area contributed by atoms with Crippen molar-refractivity contribution in [1.82, 2.24) is 15.0 Å². The van der Waals surface area contributed by atoms with Gasteiger partial charge in [0, 0.05) is 16.7 Å². The first-order valence-corrected chi connectivity index (χ1v) is 24.6. The number of benzene rings is 6. The van der Waals surface area contributed by atoms with Crippen LogP contribution in [0.5, 0.6) is 0 Å². The third-order valence-electron chi connectivity index (χ3n) is 17.3. The van der Waals surface area contributed by atoms with E-state index in [4.69, 9.17) is 15.0 Å². The third-order valence-corrected chi connectivity index (χ3v) is 17.3. The molecule has 0 radical (unpaired) electrons. The Hall–Kier alpha value is -6.69. The fourth-order valence-electron chi connectivity index (χ4n) is 15.1. The van der Waals surface area contributed by atoms with Crippen LogP contribution in [0.25, 0.3) is 67.5 Å². The number of nitrogens with zero attached hydrogens (tertiary/aromatic N) is 5. The Kier molecular flexibility index (Phi) is 9.29. The number of hydrogen-bond acceptors (Lipinski definition) is 5. The highest BCUT2D eigenvalue weighted by molar-refractivity contribution is 5.76. The topological polar surface area (TPSA) is 86.2 Å². The first-order chi connectivity index (χ1) is 32.3. The molecule has 8 bridgehead atoms. The molecule has 5 nitrogen and oxygen atoms in total. The Bertz CT molecular complexity index is 2860. The Balaban J connectivity index is 0.847. The van der Waals surface area contributed by atoms with Crippen molar-refractivity contribution >= 4 is 0 Å². The maximum atomic E-state index is 9.64. The molecule has 6 aromatic carbocycles. The summed E-state index contributed by atoms with van der Waals surface area (Å²) in [7, 11) is 0. The smallest absolute Gasteiger partial charge is 0.164 e. The number of hydrogen-bond donors (Lipinski definition) is 0. The second-order valence-electron chi connectivity index (χ2n) is 21.6. The molecular formula is C61H53N5. The fraction of sp³-hybridized carbons (Fsp3) is 0.328. The van der Waals surface area contributed by atoms with Gasteiger partial charge in [0.1, 0.15) is 0 Å². The molecule has 0 amide bonds. The van der Waals surface area contributed by atoms with Gasteiger partial charge in [0.25, 0.3) is 0 Å². The summed E-state index contributed by atoms with van der Waals surface area (Å²) in [4.78, 5) is 15.6. The highest BCUT2D eigenvalue weighted by Gasteiger charge is 2.52. The van der Waals surface area contributed by atoms with Gasteiger partial charge in [-0.3, -0.25) is 0 Å². The molecule has 8 aliphatic carbocycles. The number of aromatic nitrogens is 3. The predicted octanol–water partition coefficient (Wildman–Crippen LogP) is 14.6. The second kappa shape index (κ2) is 15.5. The van der Waals surface area contributed by atoms with Crippen LogP contribution in [-0.2, 0) is 10.8 Å². The molecule has 5 heteroatoms. The van der Waals surface area contributed by atoms with Gasteiger partial charge in [-0.2, -0.15) is 10.5 Å². The van der Waals surface area contributed by atoms with Crippen molar-refractivity contribution < 1.29 is 0 Å². The van der Waals surface area contributed by atoms with E-state index in [-0.39, 0.29) is 0 Å². The highest BCUT2D eigenvalue weighted by atomic mass is 15.0. The van der Waals surface area contributed by atoms with E-state index in [0.717, 1.165) is 74.5 Å². The van der Waals surface area contributed by atoms with E-state index in [1.807, 2.05) is 36.4 Å². The van der Waals surface area contributed by atoms with Crippen molar-refractivity contribution in [3.05, 3.63) is 162 Å². The standard InChI is InChI=1S/C61H53N5/c62-36-44-25-45(37-63)27-54(26-44)48-7-9-49(10-8-48)57-64-58(52-5-1-3-50(28-52)46-11-15-55(16-12-46)60-30-38-19-39(31-60)21-40(20-38)32-60)66-59(65-57)53-6-2-4-51(29-53)47-13-17-56(18-14-47)61-33-41-22-42(34-61)24-43(23-41)35-61/h1-18,25-29,38-43H,19-24,30-35H2/t38-,39+,40-,41-,42+,43?,60?,61?. The van der Waals surface area contributed by atoms with Gasteiger partial charge in [0.15, 0.2) is 17.5 Å². The molecule has 0 unspecified atom stereocenters. The molecular weight excluding hydrogens is 803 g/mol. The lowest BCUT2D eigenvalue weighted by atomic mass is 9.48. The molecule has 66 heavy (non-hydrogen) atoms. The van der Waals surface area contributed by atoms with Crippen LogP contribution in [0.1, 0.15) is 99.3 Å². The molecule has 8 aliphatic rings.